The first-order chi connectivity index (χ1) is 11.6. The van der Waals surface area contributed by atoms with Crippen molar-refractivity contribution in [3.05, 3.63) is 24.3 Å². The third kappa shape index (κ3) is 2.43. The molecule has 8 heteroatoms. The number of carbonyl (C=O) groups is 3. The fraction of sp³-hybridized carbons (Fsp3) is 0.375. The summed E-state index contributed by atoms with van der Waals surface area (Å²) in [5.74, 6) is -0.711. The molecule has 0 radical (unpaired) electrons. The normalized spacial score (nSPS) is 19.2. The van der Waals surface area contributed by atoms with E-state index in [2.05, 4.69) is 15.6 Å². The van der Waals surface area contributed by atoms with Crippen LogP contribution in [0.1, 0.15) is 25.7 Å². The Kier molecular flexibility index (Phi) is 3.49. The molecule has 2 N–H and O–H groups in total. The SMILES string of the molecule is O=C(CN1C(=O)NC2(CCCC2)C1=O)Nc1nc2ccccc2s1. The molecule has 1 saturated carbocycles. The van der Waals surface area contributed by atoms with Crippen LogP contribution in [0.15, 0.2) is 24.3 Å². The summed E-state index contributed by atoms with van der Waals surface area (Å²) in [7, 11) is 0. The topological polar surface area (TPSA) is 91.4 Å². The molecule has 2 fully saturated rings. The van der Waals surface area contributed by atoms with Gasteiger partial charge in [-0.1, -0.05) is 36.3 Å². The molecule has 1 saturated heterocycles. The molecular weight excluding hydrogens is 328 g/mol. The summed E-state index contributed by atoms with van der Waals surface area (Å²) >= 11 is 1.36. The summed E-state index contributed by atoms with van der Waals surface area (Å²) < 4.78 is 0.965. The van der Waals surface area contributed by atoms with Crippen LogP contribution >= 0.6 is 11.3 Å². The average molecular weight is 344 g/mol. The zero-order valence-corrected chi connectivity index (χ0v) is 13.7. The van der Waals surface area contributed by atoms with Gasteiger partial charge in [0.05, 0.1) is 10.2 Å². The van der Waals surface area contributed by atoms with Gasteiger partial charge in [-0.2, -0.15) is 0 Å². The van der Waals surface area contributed by atoms with Crippen molar-refractivity contribution < 1.29 is 14.4 Å². The molecule has 1 spiro atoms. The van der Waals surface area contributed by atoms with E-state index in [1.165, 1.54) is 11.3 Å². The second kappa shape index (κ2) is 5.55. The highest BCUT2D eigenvalue weighted by Crippen LogP contribution is 2.35. The smallest absolute Gasteiger partial charge is 0.323 e. The van der Waals surface area contributed by atoms with Gasteiger partial charge in [0, 0.05) is 0 Å². The first-order valence-corrected chi connectivity index (χ1v) is 8.69. The molecule has 2 aliphatic rings. The second-order valence-corrected chi connectivity index (χ2v) is 7.18. The van der Waals surface area contributed by atoms with Gasteiger partial charge < -0.3 is 10.6 Å². The van der Waals surface area contributed by atoms with Gasteiger partial charge in [-0.25, -0.2) is 9.78 Å². The lowest BCUT2D eigenvalue weighted by molar-refractivity contribution is -0.133. The number of hydrogen-bond donors (Lipinski definition) is 2. The van der Waals surface area contributed by atoms with E-state index < -0.39 is 17.5 Å². The lowest BCUT2D eigenvalue weighted by Crippen LogP contribution is -2.44. The summed E-state index contributed by atoms with van der Waals surface area (Å²) in [6.45, 7) is -0.289. The predicted molar refractivity (Wildman–Crippen MR) is 89.7 cm³/mol. The van der Waals surface area contributed by atoms with E-state index in [4.69, 9.17) is 0 Å². The number of imide groups is 1. The van der Waals surface area contributed by atoms with Gasteiger partial charge in [0.25, 0.3) is 5.91 Å². The number of carbonyl (C=O) groups excluding carboxylic acids is 3. The maximum Gasteiger partial charge on any atom is 0.325 e. The zero-order chi connectivity index (χ0) is 16.7. The van der Waals surface area contributed by atoms with Gasteiger partial charge in [-0.3, -0.25) is 14.5 Å². The van der Waals surface area contributed by atoms with Crippen LogP contribution in [0.3, 0.4) is 0 Å². The number of hydrogen-bond acceptors (Lipinski definition) is 5. The highest BCUT2D eigenvalue weighted by atomic mass is 32.1. The molecule has 1 aromatic heterocycles. The Morgan fingerprint density at radius 2 is 2.04 bits per heavy atom. The van der Waals surface area contributed by atoms with Crippen molar-refractivity contribution in [1.29, 1.82) is 0 Å². The molecule has 1 aliphatic carbocycles. The lowest BCUT2D eigenvalue weighted by Gasteiger charge is -2.19. The van der Waals surface area contributed by atoms with Crippen LogP contribution < -0.4 is 10.6 Å². The second-order valence-electron chi connectivity index (χ2n) is 6.15. The molecule has 2 aromatic rings. The van der Waals surface area contributed by atoms with E-state index >= 15 is 0 Å². The fourth-order valence-electron chi connectivity index (χ4n) is 3.37. The number of urea groups is 1. The number of aromatic nitrogens is 1. The van der Waals surface area contributed by atoms with E-state index in [0.29, 0.717) is 18.0 Å². The molecule has 4 amide bonds. The van der Waals surface area contributed by atoms with Crippen LogP contribution in [0.4, 0.5) is 9.93 Å². The molecule has 0 unspecified atom stereocenters. The Labute approximate surface area is 142 Å². The van der Waals surface area contributed by atoms with Crippen molar-refractivity contribution >= 4 is 44.5 Å². The maximum absolute atomic E-state index is 12.5. The van der Waals surface area contributed by atoms with Crippen molar-refractivity contribution in [3.8, 4) is 0 Å². The number of nitrogens with one attached hydrogen (secondary N) is 2. The lowest BCUT2D eigenvalue weighted by atomic mass is 9.98. The van der Waals surface area contributed by atoms with Crippen LogP contribution in [-0.2, 0) is 9.59 Å². The highest BCUT2D eigenvalue weighted by Gasteiger charge is 2.52. The summed E-state index contributed by atoms with van der Waals surface area (Å²) in [5.41, 5.74) is 0.0189. The fourth-order valence-corrected chi connectivity index (χ4v) is 4.25. The Morgan fingerprint density at radius 1 is 1.29 bits per heavy atom. The third-order valence-corrected chi connectivity index (χ3v) is 5.50. The molecule has 7 nitrogen and oxygen atoms in total. The van der Waals surface area contributed by atoms with Crippen LogP contribution in [0, 0.1) is 0 Å². The third-order valence-electron chi connectivity index (χ3n) is 4.54. The van der Waals surface area contributed by atoms with Gasteiger partial charge in [-0.05, 0) is 25.0 Å². The molecule has 0 atom stereocenters. The van der Waals surface area contributed by atoms with E-state index in [0.717, 1.165) is 28.0 Å². The van der Waals surface area contributed by atoms with Crippen molar-refractivity contribution in [2.75, 3.05) is 11.9 Å². The Morgan fingerprint density at radius 3 is 2.79 bits per heavy atom. The van der Waals surface area contributed by atoms with Crippen LogP contribution in [0.25, 0.3) is 10.2 Å². The van der Waals surface area contributed by atoms with Gasteiger partial charge in [0.2, 0.25) is 5.91 Å². The van der Waals surface area contributed by atoms with Gasteiger partial charge in [0.1, 0.15) is 12.1 Å². The Bertz CT molecular complexity index is 808. The summed E-state index contributed by atoms with van der Waals surface area (Å²) in [6, 6.07) is 7.08. The van der Waals surface area contributed by atoms with Crippen LogP contribution in [0.2, 0.25) is 0 Å². The first kappa shape index (κ1) is 15.1. The Balaban J connectivity index is 1.46. The van der Waals surface area contributed by atoms with Gasteiger partial charge in [-0.15, -0.1) is 0 Å². The van der Waals surface area contributed by atoms with Crippen LogP contribution in [0.5, 0.6) is 0 Å². The predicted octanol–water partition coefficient (Wildman–Crippen LogP) is 2.10. The van der Waals surface area contributed by atoms with E-state index in [1.54, 1.807) is 0 Å². The van der Waals surface area contributed by atoms with Crippen molar-refractivity contribution in [1.82, 2.24) is 15.2 Å². The van der Waals surface area contributed by atoms with Crippen LogP contribution in [-0.4, -0.2) is 39.8 Å². The number of thiazole rings is 1. The molecule has 24 heavy (non-hydrogen) atoms. The average Bonchev–Trinajstić information content (AvgIpc) is 3.23. The molecule has 124 valence electrons. The van der Waals surface area contributed by atoms with E-state index in [1.807, 2.05) is 24.3 Å². The number of para-hydroxylation sites is 1. The minimum absolute atomic E-state index is 0.288. The van der Waals surface area contributed by atoms with Crippen molar-refractivity contribution in [2.24, 2.45) is 0 Å². The van der Waals surface area contributed by atoms with Crippen molar-refractivity contribution in [3.63, 3.8) is 0 Å². The Hall–Kier alpha value is -2.48. The maximum atomic E-state index is 12.5. The largest absolute Gasteiger partial charge is 0.325 e. The quantitative estimate of drug-likeness (QED) is 0.834. The molecule has 0 bridgehead atoms. The standard InChI is InChI=1S/C16H16N4O3S/c21-12(18-14-17-10-5-1-2-6-11(10)24-14)9-20-13(22)16(19-15(20)23)7-3-4-8-16/h1-2,5-6H,3-4,7-9H2,(H,19,23)(H,17,18,21). The number of fused-ring (bicyclic) bond motifs is 1. The highest BCUT2D eigenvalue weighted by molar-refractivity contribution is 7.22. The summed E-state index contributed by atoms with van der Waals surface area (Å²) in [5, 5.41) is 5.90. The number of amides is 4. The molecule has 1 aliphatic heterocycles. The number of rotatable bonds is 3. The monoisotopic (exact) mass is 344 g/mol. The molecule has 1 aromatic carbocycles. The summed E-state index contributed by atoms with van der Waals surface area (Å²) in [4.78, 5) is 42.1. The number of anilines is 1. The minimum Gasteiger partial charge on any atom is -0.323 e. The molecular formula is C16H16N4O3S. The van der Waals surface area contributed by atoms with Gasteiger partial charge >= 0.3 is 6.03 Å². The minimum atomic E-state index is -0.784. The van der Waals surface area contributed by atoms with Crippen molar-refractivity contribution in [2.45, 2.75) is 31.2 Å². The summed E-state index contributed by atoms with van der Waals surface area (Å²) in [6.07, 6.45) is 3.12. The van der Waals surface area contributed by atoms with E-state index in [9.17, 15) is 14.4 Å². The zero-order valence-electron chi connectivity index (χ0n) is 12.9. The number of nitrogens with zero attached hydrogens (tertiary/aromatic N) is 2. The molecule has 4 rings (SSSR count). The first-order valence-electron chi connectivity index (χ1n) is 7.87. The number of benzene rings is 1. The molecule has 2 heterocycles. The van der Waals surface area contributed by atoms with E-state index in [-0.39, 0.29) is 12.5 Å². The van der Waals surface area contributed by atoms with Gasteiger partial charge in [0.15, 0.2) is 5.13 Å².